The number of para-hydroxylation sites is 1. The zero-order chi connectivity index (χ0) is 18.4. The van der Waals surface area contributed by atoms with Gasteiger partial charge in [0.05, 0.1) is 33.0 Å². The van der Waals surface area contributed by atoms with Crippen molar-refractivity contribution in [3.8, 4) is 5.75 Å². The zero-order valence-electron chi connectivity index (χ0n) is 12.7. The molecule has 1 amide bonds. The Morgan fingerprint density at radius 3 is 2.24 bits per heavy atom. The summed E-state index contributed by atoms with van der Waals surface area (Å²) in [5, 5.41) is 24.5. The van der Waals surface area contributed by atoms with E-state index in [0.29, 0.717) is 10.8 Å². The smallest absolute Gasteiger partial charge is 0.277 e. The van der Waals surface area contributed by atoms with Gasteiger partial charge < -0.3 is 10.1 Å². The maximum absolute atomic E-state index is 12.0. The second-order valence-electron chi connectivity index (χ2n) is 4.79. The first kappa shape index (κ1) is 18.1. The predicted molar refractivity (Wildman–Crippen MR) is 89.0 cm³/mol. The molecule has 0 radical (unpaired) electrons. The summed E-state index contributed by atoms with van der Waals surface area (Å²) in [5.74, 6) is -0.237. The second-order valence-corrected chi connectivity index (χ2v) is 5.19. The summed E-state index contributed by atoms with van der Waals surface area (Å²) in [6.07, 6.45) is 0. The van der Waals surface area contributed by atoms with Gasteiger partial charge in [-0.2, -0.15) is 0 Å². The lowest BCUT2D eigenvalue weighted by Crippen LogP contribution is -2.28. The number of halogens is 1. The monoisotopic (exact) mass is 365 g/mol. The number of carbonyl (C=O) groups is 1. The van der Waals surface area contributed by atoms with E-state index >= 15 is 0 Å². The number of carbonyl (C=O) groups excluding carboxylic acids is 1. The van der Waals surface area contributed by atoms with Crippen LogP contribution in [0.5, 0.6) is 5.75 Å². The van der Waals surface area contributed by atoms with Gasteiger partial charge in [0.25, 0.3) is 17.3 Å². The summed E-state index contributed by atoms with van der Waals surface area (Å²) in [4.78, 5) is 32.1. The van der Waals surface area contributed by atoms with Crippen molar-refractivity contribution in [2.75, 3.05) is 13.2 Å². The van der Waals surface area contributed by atoms with Crippen LogP contribution in [-0.4, -0.2) is 28.9 Å². The first-order chi connectivity index (χ1) is 11.9. The lowest BCUT2D eigenvalue weighted by molar-refractivity contribution is -0.394. The number of nitro groups is 2. The summed E-state index contributed by atoms with van der Waals surface area (Å²) in [6.45, 7) is 0.188. The minimum absolute atomic E-state index is 0.0839. The van der Waals surface area contributed by atoms with E-state index in [9.17, 15) is 25.0 Å². The van der Waals surface area contributed by atoms with Crippen LogP contribution in [0.4, 0.5) is 11.4 Å². The van der Waals surface area contributed by atoms with Crippen molar-refractivity contribution >= 4 is 28.9 Å². The molecule has 1 N–H and O–H groups in total. The molecule has 0 fully saturated rings. The van der Waals surface area contributed by atoms with Crippen LogP contribution in [0.25, 0.3) is 0 Å². The number of ether oxygens (including phenoxy) is 1. The largest absolute Gasteiger partial charge is 0.490 e. The Morgan fingerprint density at radius 1 is 1.08 bits per heavy atom. The van der Waals surface area contributed by atoms with Crippen molar-refractivity contribution in [3.05, 3.63) is 73.3 Å². The molecule has 130 valence electrons. The summed E-state index contributed by atoms with van der Waals surface area (Å²) in [5.41, 5.74) is -1.25. The first-order valence-corrected chi connectivity index (χ1v) is 7.35. The second kappa shape index (κ2) is 8.06. The molecule has 0 atom stereocenters. The number of benzene rings is 2. The highest BCUT2D eigenvalue weighted by Gasteiger charge is 2.19. The van der Waals surface area contributed by atoms with Crippen LogP contribution >= 0.6 is 11.6 Å². The standard InChI is InChI=1S/C15H12ClN3O6/c16-13-3-1-2-4-14(13)25-6-5-17-15(20)10-7-11(18(21)22)9-12(8-10)19(23)24/h1-4,7-9H,5-6H2,(H,17,20). The molecule has 0 aliphatic heterocycles. The zero-order valence-corrected chi connectivity index (χ0v) is 13.4. The molecule has 0 heterocycles. The number of non-ortho nitro benzene ring substituents is 2. The molecular formula is C15H12ClN3O6. The maximum atomic E-state index is 12.0. The quantitative estimate of drug-likeness (QED) is 0.457. The average Bonchev–Trinajstić information content (AvgIpc) is 2.59. The highest BCUT2D eigenvalue weighted by Crippen LogP contribution is 2.23. The Hall–Kier alpha value is -3.20. The number of amides is 1. The number of rotatable bonds is 7. The molecule has 0 saturated carbocycles. The molecule has 2 aromatic rings. The molecule has 2 aromatic carbocycles. The van der Waals surface area contributed by atoms with Gasteiger partial charge in [-0.1, -0.05) is 23.7 Å². The van der Waals surface area contributed by atoms with Gasteiger partial charge in [-0.15, -0.1) is 0 Å². The van der Waals surface area contributed by atoms with E-state index in [4.69, 9.17) is 16.3 Å². The number of hydrogen-bond acceptors (Lipinski definition) is 6. The third-order valence-corrected chi connectivity index (χ3v) is 3.38. The van der Waals surface area contributed by atoms with Crippen molar-refractivity contribution in [3.63, 3.8) is 0 Å². The predicted octanol–water partition coefficient (Wildman–Crippen LogP) is 2.97. The van der Waals surface area contributed by atoms with Gasteiger partial charge in [0, 0.05) is 12.1 Å². The average molecular weight is 366 g/mol. The van der Waals surface area contributed by atoms with Gasteiger partial charge in [-0.05, 0) is 12.1 Å². The Morgan fingerprint density at radius 2 is 1.68 bits per heavy atom. The first-order valence-electron chi connectivity index (χ1n) is 6.98. The number of nitrogens with zero attached hydrogens (tertiary/aromatic N) is 2. The van der Waals surface area contributed by atoms with E-state index in [-0.39, 0.29) is 18.7 Å². The van der Waals surface area contributed by atoms with Gasteiger partial charge in [0.1, 0.15) is 12.4 Å². The van der Waals surface area contributed by atoms with E-state index in [2.05, 4.69) is 5.32 Å². The van der Waals surface area contributed by atoms with Crippen LogP contribution < -0.4 is 10.1 Å². The Bertz CT molecular complexity index is 794. The van der Waals surface area contributed by atoms with Crippen LogP contribution in [0.15, 0.2) is 42.5 Å². The maximum Gasteiger partial charge on any atom is 0.277 e. The van der Waals surface area contributed by atoms with Crippen LogP contribution in [0.3, 0.4) is 0 Å². The van der Waals surface area contributed by atoms with Gasteiger partial charge >= 0.3 is 0 Å². The fraction of sp³-hybridized carbons (Fsp3) is 0.133. The van der Waals surface area contributed by atoms with Crippen molar-refractivity contribution in [2.45, 2.75) is 0 Å². The third kappa shape index (κ3) is 4.88. The van der Waals surface area contributed by atoms with E-state index < -0.39 is 27.1 Å². The van der Waals surface area contributed by atoms with Crippen molar-refractivity contribution in [2.24, 2.45) is 0 Å². The fourth-order valence-electron chi connectivity index (χ4n) is 1.93. The molecule has 9 nitrogen and oxygen atoms in total. The molecule has 0 spiro atoms. The van der Waals surface area contributed by atoms with E-state index in [1.165, 1.54) is 0 Å². The number of nitrogens with one attached hydrogen (secondary N) is 1. The van der Waals surface area contributed by atoms with Crippen LogP contribution in [0.2, 0.25) is 5.02 Å². The van der Waals surface area contributed by atoms with Crippen LogP contribution in [0.1, 0.15) is 10.4 Å². The fourth-order valence-corrected chi connectivity index (χ4v) is 2.12. The topological polar surface area (TPSA) is 125 Å². The normalized spacial score (nSPS) is 10.1. The highest BCUT2D eigenvalue weighted by molar-refractivity contribution is 6.32. The van der Waals surface area contributed by atoms with E-state index in [0.717, 1.165) is 18.2 Å². The number of nitro benzene ring substituents is 2. The Labute approximate surface area is 146 Å². The lowest BCUT2D eigenvalue weighted by atomic mass is 10.1. The minimum Gasteiger partial charge on any atom is -0.490 e. The molecule has 25 heavy (non-hydrogen) atoms. The van der Waals surface area contributed by atoms with Gasteiger partial charge in [-0.3, -0.25) is 25.0 Å². The summed E-state index contributed by atoms with van der Waals surface area (Å²) >= 11 is 5.92. The minimum atomic E-state index is -0.801. The summed E-state index contributed by atoms with van der Waals surface area (Å²) in [6, 6.07) is 9.52. The van der Waals surface area contributed by atoms with Gasteiger partial charge in [0.15, 0.2) is 0 Å². The molecule has 0 aromatic heterocycles. The van der Waals surface area contributed by atoms with Gasteiger partial charge in [-0.25, -0.2) is 0 Å². The molecule has 2 rings (SSSR count). The summed E-state index contributed by atoms with van der Waals surface area (Å²) in [7, 11) is 0. The van der Waals surface area contributed by atoms with Crippen molar-refractivity contribution in [1.82, 2.24) is 5.32 Å². The number of hydrogen-bond donors (Lipinski definition) is 1. The molecular weight excluding hydrogens is 354 g/mol. The van der Waals surface area contributed by atoms with Gasteiger partial charge in [0.2, 0.25) is 0 Å². The molecule has 0 aliphatic carbocycles. The van der Waals surface area contributed by atoms with Crippen molar-refractivity contribution in [1.29, 1.82) is 0 Å². The van der Waals surface area contributed by atoms with Crippen LogP contribution in [0, 0.1) is 20.2 Å². The molecule has 0 aliphatic rings. The molecule has 0 saturated heterocycles. The van der Waals surface area contributed by atoms with Crippen LogP contribution in [-0.2, 0) is 0 Å². The highest BCUT2D eigenvalue weighted by atomic mass is 35.5. The molecule has 10 heteroatoms. The van der Waals surface area contributed by atoms with E-state index in [1.807, 2.05) is 0 Å². The SMILES string of the molecule is O=C(NCCOc1ccccc1Cl)c1cc([N+](=O)[O-])cc([N+](=O)[O-])c1. The lowest BCUT2D eigenvalue weighted by Gasteiger charge is -2.09. The molecule has 0 bridgehead atoms. The molecule has 0 unspecified atom stereocenters. The Kier molecular flexibility index (Phi) is 5.85. The van der Waals surface area contributed by atoms with E-state index in [1.54, 1.807) is 24.3 Å². The van der Waals surface area contributed by atoms with Crippen molar-refractivity contribution < 1.29 is 19.4 Å². The Balaban J connectivity index is 1.99. The summed E-state index contributed by atoms with van der Waals surface area (Å²) < 4.78 is 5.38. The third-order valence-electron chi connectivity index (χ3n) is 3.07.